The summed E-state index contributed by atoms with van der Waals surface area (Å²) >= 11 is 0. The molecule has 4 rings (SSSR count). The summed E-state index contributed by atoms with van der Waals surface area (Å²) in [7, 11) is 0. The van der Waals surface area contributed by atoms with Gasteiger partial charge in [-0.05, 0) is 129 Å². The number of halogens is 1. The van der Waals surface area contributed by atoms with Gasteiger partial charge in [-0.15, -0.1) is 0 Å². The van der Waals surface area contributed by atoms with Gasteiger partial charge in [0, 0.05) is 30.3 Å². The maximum atomic E-state index is 15.0. The number of unbranched alkanes of at least 4 members (excludes halogenated alkanes) is 2. The first kappa shape index (κ1) is 42.2. The second-order valence-corrected chi connectivity index (χ2v) is 13.9. The number of carbonyl (C=O) groups is 2. The number of aliphatic hydroxyl groups is 4. The zero-order chi connectivity index (χ0) is 36.0. The van der Waals surface area contributed by atoms with Crippen LogP contribution in [0.3, 0.4) is 0 Å². The average molecular weight is 681 g/mol. The first-order valence-corrected chi connectivity index (χ1v) is 18.3. The smallest absolute Gasteiger partial charge is 0.147 e. The number of hydrogen-bond acceptors (Lipinski definition) is 6. The van der Waals surface area contributed by atoms with Crippen molar-refractivity contribution in [2.75, 3.05) is 26.4 Å². The van der Waals surface area contributed by atoms with Crippen LogP contribution in [0.1, 0.15) is 118 Å². The Morgan fingerprint density at radius 3 is 1.67 bits per heavy atom. The number of carbonyl (C=O) groups excluding carboxylic acids is 2. The van der Waals surface area contributed by atoms with Crippen LogP contribution in [-0.4, -0.2) is 59.4 Å². The topological polar surface area (TPSA) is 115 Å². The molecule has 4 N–H and O–H groups in total. The monoisotopic (exact) mass is 680 g/mol. The van der Waals surface area contributed by atoms with Crippen molar-refractivity contribution in [3.8, 4) is 0 Å². The Morgan fingerprint density at radius 2 is 1.24 bits per heavy atom. The van der Waals surface area contributed by atoms with Crippen molar-refractivity contribution in [1.29, 1.82) is 0 Å². The minimum Gasteiger partial charge on any atom is -0.396 e. The Kier molecular flexibility index (Phi) is 20.9. The molecule has 2 aliphatic rings. The molecule has 0 atom stereocenters. The molecule has 0 amide bonds. The van der Waals surface area contributed by atoms with Crippen LogP contribution in [-0.2, 0) is 22.4 Å². The van der Waals surface area contributed by atoms with Crippen molar-refractivity contribution < 1.29 is 34.4 Å². The standard InChI is InChI=1S/C34H49FO2.2C4H6O2/c1-2-3-4-5-25-8-11-28(12-9-25)29-13-15-30(16-14-29)31-17-19-32(20-18-31)33-21-10-26(22-34(33)35)6-7-27(23-36)24-37;2*1-4(2-5)3-6/h8-12,21-22,27,29-32,36-37H,2-7,13-20,23-24H2,1H3;2*2,6H,1,3H2. The third kappa shape index (κ3) is 15.2. The first-order chi connectivity index (χ1) is 23.7. The minimum atomic E-state index is -0.233. The molecule has 2 aliphatic carbocycles. The Balaban J connectivity index is 0.000000594. The molecule has 2 saturated carbocycles. The van der Waals surface area contributed by atoms with Crippen LogP contribution in [0.4, 0.5) is 4.39 Å². The molecule has 2 fully saturated rings. The number of aliphatic hydroxyl groups excluding tert-OH is 4. The fraction of sp³-hybridized carbons (Fsp3) is 0.571. The van der Waals surface area contributed by atoms with E-state index >= 15 is 0 Å². The van der Waals surface area contributed by atoms with Crippen molar-refractivity contribution in [2.45, 2.75) is 109 Å². The lowest BCUT2D eigenvalue weighted by atomic mass is 9.67. The Morgan fingerprint density at radius 1 is 0.735 bits per heavy atom. The van der Waals surface area contributed by atoms with E-state index in [9.17, 15) is 24.2 Å². The van der Waals surface area contributed by atoms with Gasteiger partial charge >= 0.3 is 0 Å². The van der Waals surface area contributed by atoms with Gasteiger partial charge in [-0.3, -0.25) is 9.59 Å². The maximum Gasteiger partial charge on any atom is 0.147 e. The van der Waals surface area contributed by atoms with Gasteiger partial charge in [0.1, 0.15) is 18.4 Å². The highest BCUT2D eigenvalue weighted by atomic mass is 19.1. The Bertz CT molecular complexity index is 1220. The molecule has 0 saturated heterocycles. The van der Waals surface area contributed by atoms with E-state index < -0.39 is 0 Å². The minimum absolute atomic E-state index is 0.0196. The van der Waals surface area contributed by atoms with Crippen molar-refractivity contribution in [3.63, 3.8) is 0 Å². The molecule has 6 nitrogen and oxygen atoms in total. The van der Waals surface area contributed by atoms with Crippen molar-refractivity contribution in [2.24, 2.45) is 17.8 Å². The lowest BCUT2D eigenvalue weighted by Gasteiger charge is -2.38. The van der Waals surface area contributed by atoms with Gasteiger partial charge in [0.25, 0.3) is 0 Å². The molecular formula is C42H61FO6. The summed E-state index contributed by atoms with van der Waals surface area (Å²) in [5.74, 6) is 2.56. The Labute approximate surface area is 294 Å². The molecule has 0 unspecified atom stereocenters. The van der Waals surface area contributed by atoms with Crippen LogP contribution in [0.2, 0.25) is 0 Å². The van der Waals surface area contributed by atoms with Crippen LogP contribution >= 0.6 is 0 Å². The highest BCUT2D eigenvalue weighted by molar-refractivity contribution is 5.72. The van der Waals surface area contributed by atoms with Crippen LogP contribution in [0.15, 0.2) is 66.8 Å². The van der Waals surface area contributed by atoms with E-state index in [4.69, 9.17) is 10.2 Å². The zero-order valence-corrected chi connectivity index (χ0v) is 29.7. The van der Waals surface area contributed by atoms with Crippen molar-refractivity contribution >= 4 is 12.6 Å². The second-order valence-electron chi connectivity index (χ2n) is 13.9. The molecule has 2 aromatic rings. The predicted molar refractivity (Wildman–Crippen MR) is 196 cm³/mol. The average Bonchev–Trinajstić information content (AvgIpc) is 3.15. The molecule has 0 aliphatic heterocycles. The van der Waals surface area contributed by atoms with Crippen molar-refractivity contribution in [1.82, 2.24) is 0 Å². The normalized spacial score (nSPS) is 20.3. The van der Waals surface area contributed by atoms with E-state index in [-0.39, 0.29) is 49.3 Å². The first-order valence-electron chi connectivity index (χ1n) is 18.3. The molecular weight excluding hydrogens is 619 g/mol. The van der Waals surface area contributed by atoms with Crippen LogP contribution < -0.4 is 0 Å². The molecule has 0 bridgehead atoms. The van der Waals surface area contributed by atoms with Crippen LogP contribution in [0.5, 0.6) is 0 Å². The summed E-state index contributed by atoms with van der Waals surface area (Å²) in [5.41, 5.74) is 5.33. The predicted octanol–water partition coefficient (Wildman–Crippen LogP) is 7.81. The van der Waals surface area contributed by atoms with Gasteiger partial charge in [-0.25, -0.2) is 4.39 Å². The van der Waals surface area contributed by atoms with E-state index in [1.54, 1.807) is 11.6 Å². The number of rotatable bonds is 16. The number of aldehydes is 2. The third-order valence-electron chi connectivity index (χ3n) is 10.3. The van der Waals surface area contributed by atoms with Gasteiger partial charge in [-0.2, -0.15) is 0 Å². The van der Waals surface area contributed by atoms with E-state index in [1.165, 1.54) is 69.8 Å². The Hall–Kier alpha value is -2.97. The highest BCUT2D eigenvalue weighted by Gasteiger charge is 2.32. The van der Waals surface area contributed by atoms with Crippen molar-refractivity contribution in [3.05, 3.63) is 94.8 Å². The molecule has 0 spiro atoms. The molecule has 2 aromatic carbocycles. The molecule has 0 aromatic heterocycles. The van der Waals surface area contributed by atoms with Crippen LogP contribution in [0, 0.1) is 23.6 Å². The molecule has 272 valence electrons. The summed E-state index contributed by atoms with van der Waals surface area (Å²) in [4.78, 5) is 19.0. The largest absolute Gasteiger partial charge is 0.396 e. The molecule has 0 heterocycles. The number of hydrogen-bond donors (Lipinski definition) is 4. The number of aryl methyl sites for hydroxylation is 2. The summed E-state index contributed by atoms with van der Waals surface area (Å²) in [6.45, 7) is 8.11. The van der Waals surface area contributed by atoms with Gasteiger partial charge in [0.15, 0.2) is 0 Å². The van der Waals surface area contributed by atoms with Gasteiger partial charge in [0.05, 0.1) is 13.2 Å². The van der Waals surface area contributed by atoms with E-state index in [1.807, 2.05) is 6.07 Å². The zero-order valence-electron chi connectivity index (χ0n) is 29.7. The maximum absolute atomic E-state index is 15.0. The van der Waals surface area contributed by atoms with Crippen LogP contribution in [0.25, 0.3) is 0 Å². The fourth-order valence-corrected chi connectivity index (χ4v) is 7.10. The van der Waals surface area contributed by atoms with E-state index in [2.05, 4.69) is 50.4 Å². The lowest BCUT2D eigenvalue weighted by molar-refractivity contribution is -0.106. The highest BCUT2D eigenvalue weighted by Crippen LogP contribution is 2.46. The lowest BCUT2D eigenvalue weighted by Crippen LogP contribution is -2.25. The second kappa shape index (κ2) is 24.2. The van der Waals surface area contributed by atoms with Gasteiger partial charge < -0.3 is 20.4 Å². The molecule has 49 heavy (non-hydrogen) atoms. The number of benzene rings is 2. The van der Waals surface area contributed by atoms with Gasteiger partial charge in [-0.1, -0.05) is 69.3 Å². The van der Waals surface area contributed by atoms with E-state index in [0.29, 0.717) is 31.3 Å². The van der Waals surface area contributed by atoms with Gasteiger partial charge in [0.2, 0.25) is 0 Å². The third-order valence-corrected chi connectivity index (χ3v) is 10.3. The SMILES string of the molecule is C=C(C=O)CO.C=C(C=O)CO.CCCCCc1ccc(C2CCC(C3CCC(c4ccc(CCC(CO)CO)cc4F)CC3)CC2)cc1. The summed E-state index contributed by atoms with van der Waals surface area (Å²) in [5, 5.41) is 34.5. The summed E-state index contributed by atoms with van der Waals surface area (Å²) < 4.78 is 15.0. The quantitative estimate of drug-likeness (QED) is 0.0817. The summed E-state index contributed by atoms with van der Waals surface area (Å²) in [6, 6.07) is 15.3. The van der Waals surface area contributed by atoms with E-state index in [0.717, 1.165) is 41.7 Å². The molecule has 7 heteroatoms. The summed E-state index contributed by atoms with van der Waals surface area (Å²) in [6.07, 6.45) is 17.6. The molecule has 0 radical (unpaired) electrons. The fourth-order valence-electron chi connectivity index (χ4n) is 7.10.